The Bertz CT molecular complexity index is 1310. The maximum Gasteiger partial charge on any atom is 0.205 e. The van der Waals surface area contributed by atoms with Crippen molar-refractivity contribution < 1.29 is 4.74 Å². The van der Waals surface area contributed by atoms with Crippen molar-refractivity contribution in [2.24, 2.45) is 0 Å². The number of benzene rings is 1. The van der Waals surface area contributed by atoms with E-state index in [1.165, 1.54) is 0 Å². The maximum absolute atomic E-state index is 6.28. The Balaban J connectivity index is 1.67. The fraction of sp³-hybridized carbons (Fsp3) is 0.190. The van der Waals surface area contributed by atoms with Crippen molar-refractivity contribution in [2.75, 3.05) is 7.11 Å². The first kappa shape index (κ1) is 18.5. The van der Waals surface area contributed by atoms with E-state index in [9.17, 15) is 0 Å². The Kier molecular flexibility index (Phi) is 4.54. The molecule has 8 nitrogen and oxygen atoms in total. The number of halogens is 1. The first-order valence-electron chi connectivity index (χ1n) is 9.22. The number of hydrogen-bond donors (Lipinski definition) is 0. The SMILES string of the molecule is COCc1nnc2n1Cc1c(C#Cc3ncc(C)cn3)ncn1-c1ccc(Cl)cc1-2. The summed E-state index contributed by atoms with van der Waals surface area (Å²) in [6.45, 7) is 2.77. The first-order valence-corrected chi connectivity index (χ1v) is 9.60. The van der Waals surface area contributed by atoms with E-state index in [1.807, 2.05) is 34.3 Å². The molecule has 0 saturated carbocycles. The smallest absolute Gasteiger partial charge is 0.205 e. The van der Waals surface area contributed by atoms with Gasteiger partial charge in [0.1, 0.15) is 18.6 Å². The molecule has 9 heteroatoms. The van der Waals surface area contributed by atoms with E-state index in [0.717, 1.165) is 28.3 Å². The highest BCUT2D eigenvalue weighted by atomic mass is 35.5. The zero-order valence-electron chi connectivity index (χ0n) is 16.3. The molecule has 1 aliphatic rings. The van der Waals surface area contributed by atoms with Gasteiger partial charge in [-0.2, -0.15) is 0 Å². The topological polar surface area (TPSA) is 83.5 Å². The van der Waals surface area contributed by atoms with Crippen molar-refractivity contribution in [3.05, 3.63) is 70.5 Å². The summed E-state index contributed by atoms with van der Waals surface area (Å²) >= 11 is 6.28. The van der Waals surface area contributed by atoms with Gasteiger partial charge in [-0.15, -0.1) is 10.2 Å². The molecule has 0 fully saturated rings. The Morgan fingerprint density at radius 2 is 1.97 bits per heavy atom. The molecule has 4 aromatic rings. The first-order chi connectivity index (χ1) is 14.6. The molecule has 30 heavy (non-hydrogen) atoms. The molecule has 3 aromatic heterocycles. The second-order valence-corrected chi connectivity index (χ2v) is 7.30. The second kappa shape index (κ2) is 7.37. The molecule has 0 aliphatic carbocycles. The van der Waals surface area contributed by atoms with E-state index >= 15 is 0 Å². The monoisotopic (exact) mass is 417 g/mol. The lowest BCUT2D eigenvalue weighted by Gasteiger charge is -2.08. The number of hydrogen-bond acceptors (Lipinski definition) is 6. The molecule has 5 rings (SSSR count). The lowest BCUT2D eigenvalue weighted by Crippen LogP contribution is -2.09. The molecule has 0 unspecified atom stereocenters. The van der Waals surface area contributed by atoms with Crippen LogP contribution in [0.15, 0.2) is 36.9 Å². The van der Waals surface area contributed by atoms with Gasteiger partial charge in [0, 0.05) is 30.1 Å². The van der Waals surface area contributed by atoms with Crippen LogP contribution in [0.1, 0.15) is 28.6 Å². The Morgan fingerprint density at radius 1 is 1.13 bits per heavy atom. The van der Waals surface area contributed by atoms with Crippen molar-refractivity contribution >= 4 is 11.6 Å². The molecule has 4 heterocycles. The highest BCUT2D eigenvalue weighted by Gasteiger charge is 2.25. The quantitative estimate of drug-likeness (QED) is 0.411. The minimum atomic E-state index is 0.343. The van der Waals surface area contributed by atoms with Crippen LogP contribution in [0.4, 0.5) is 0 Å². The standard InChI is InChI=1S/C21H16ClN7O/c1-13-8-23-19(24-9-13)6-4-16-18-10-28-20(11-30-2)26-27-21(28)15-7-14(22)3-5-17(15)29(18)12-25-16/h3,5,7-9,12H,10-11H2,1-2H3. The van der Waals surface area contributed by atoms with E-state index in [2.05, 4.69) is 37.0 Å². The highest BCUT2D eigenvalue weighted by molar-refractivity contribution is 6.31. The minimum Gasteiger partial charge on any atom is -0.377 e. The third kappa shape index (κ3) is 3.14. The molecule has 0 radical (unpaired) electrons. The largest absolute Gasteiger partial charge is 0.377 e. The normalized spacial score (nSPS) is 11.7. The molecule has 0 N–H and O–H groups in total. The van der Waals surface area contributed by atoms with Gasteiger partial charge >= 0.3 is 0 Å². The van der Waals surface area contributed by atoms with Gasteiger partial charge in [0.05, 0.1) is 17.9 Å². The molecule has 0 atom stereocenters. The summed E-state index contributed by atoms with van der Waals surface area (Å²) in [6, 6.07) is 5.68. The zero-order valence-corrected chi connectivity index (χ0v) is 17.1. The van der Waals surface area contributed by atoms with Crippen molar-refractivity contribution in [2.45, 2.75) is 20.1 Å². The number of methoxy groups -OCH3 is 1. The van der Waals surface area contributed by atoms with Gasteiger partial charge in [-0.05, 0) is 42.5 Å². The van der Waals surface area contributed by atoms with Gasteiger partial charge in [-0.1, -0.05) is 11.6 Å². The van der Waals surface area contributed by atoms with E-state index in [-0.39, 0.29) is 0 Å². The minimum absolute atomic E-state index is 0.343. The average molecular weight is 418 g/mol. The Morgan fingerprint density at radius 3 is 2.77 bits per heavy atom. The van der Waals surface area contributed by atoms with Crippen LogP contribution in [0.2, 0.25) is 5.02 Å². The van der Waals surface area contributed by atoms with Crippen LogP contribution in [0.5, 0.6) is 0 Å². The van der Waals surface area contributed by atoms with Gasteiger partial charge in [0.2, 0.25) is 5.82 Å². The predicted molar refractivity (Wildman–Crippen MR) is 110 cm³/mol. The summed E-state index contributed by atoms with van der Waals surface area (Å²) in [6.07, 6.45) is 5.24. The summed E-state index contributed by atoms with van der Waals surface area (Å²) in [5.74, 6) is 8.01. The summed E-state index contributed by atoms with van der Waals surface area (Å²) in [4.78, 5) is 13.0. The number of aromatic nitrogens is 7. The molecule has 1 aliphatic heterocycles. The summed E-state index contributed by atoms with van der Waals surface area (Å²) in [5, 5.41) is 9.32. The summed E-state index contributed by atoms with van der Waals surface area (Å²) in [7, 11) is 1.63. The van der Waals surface area contributed by atoms with Crippen molar-refractivity contribution in [1.29, 1.82) is 0 Å². The molecule has 0 bridgehead atoms. The predicted octanol–water partition coefficient (Wildman–Crippen LogP) is 2.79. The van der Waals surface area contributed by atoms with Crippen LogP contribution < -0.4 is 0 Å². The third-order valence-electron chi connectivity index (χ3n) is 4.81. The van der Waals surface area contributed by atoms with E-state index in [4.69, 9.17) is 16.3 Å². The van der Waals surface area contributed by atoms with Gasteiger partial charge < -0.3 is 9.30 Å². The highest BCUT2D eigenvalue weighted by Crippen LogP contribution is 2.34. The fourth-order valence-electron chi connectivity index (χ4n) is 3.39. The van der Waals surface area contributed by atoms with Gasteiger partial charge in [-0.25, -0.2) is 15.0 Å². The molecule has 0 spiro atoms. The Hall–Kier alpha value is -3.54. The number of ether oxygens (including phenoxy) is 1. The van der Waals surface area contributed by atoms with Crippen molar-refractivity contribution in [1.82, 2.24) is 34.3 Å². The van der Waals surface area contributed by atoms with Crippen molar-refractivity contribution in [3.63, 3.8) is 0 Å². The van der Waals surface area contributed by atoms with E-state index in [1.54, 1.807) is 25.8 Å². The van der Waals surface area contributed by atoms with E-state index < -0.39 is 0 Å². The van der Waals surface area contributed by atoms with Crippen LogP contribution in [0, 0.1) is 18.8 Å². The van der Waals surface area contributed by atoms with Crippen LogP contribution in [0.25, 0.3) is 17.1 Å². The number of aryl methyl sites for hydroxylation is 1. The van der Waals surface area contributed by atoms with Gasteiger partial charge in [-0.3, -0.25) is 4.57 Å². The number of imidazole rings is 1. The molecular weight excluding hydrogens is 402 g/mol. The second-order valence-electron chi connectivity index (χ2n) is 6.86. The summed E-state index contributed by atoms with van der Waals surface area (Å²) < 4.78 is 9.32. The molecule has 1 aromatic carbocycles. The molecule has 0 amide bonds. The van der Waals surface area contributed by atoms with Crippen LogP contribution >= 0.6 is 11.6 Å². The van der Waals surface area contributed by atoms with Crippen LogP contribution in [-0.2, 0) is 17.9 Å². The molecular formula is C21H16ClN7O. The van der Waals surface area contributed by atoms with Crippen LogP contribution in [0.3, 0.4) is 0 Å². The fourth-order valence-corrected chi connectivity index (χ4v) is 3.56. The van der Waals surface area contributed by atoms with E-state index in [0.29, 0.717) is 35.5 Å². The lowest BCUT2D eigenvalue weighted by atomic mass is 10.1. The van der Waals surface area contributed by atoms with Crippen LogP contribution in [-0.4, -0.2) is 41.4 Å². The number of rotatable bonds is 2. The molecule has 0 saturated heterocycles. The third-order valence-corrected chi connectivity index (χ3v) is 5.04. The zero-order chi connectivity index (χ0) is 20.7. The number of nitrogens with zero attached hydrogens (tertiary/aromatic N) is 7. The van der Waals surface area contributed by atoms with Gasteiger partial charge in [0.25, 0.3) is 0 Å². The number of fused-ring (bicyclic) bond motifs is 5. The Labute approximate surface area is 177 Å². The average Bonchev–Trinajstić information content (AvgIpc) is 3.29. The van der Waals surface area contributed by atoms with Crippen molar-refractivity contribution in [3.8, 4) is 28.9 Å². The summed E-state index contributed by atoms with van der Waals surface area (Å²) in [5.41, 5.74) is 4.32. The van der Waals surface area contributed by atoms with Gasteiger partial charge in [0.15, 0.2) is 11.6 Å². The lowest BCUT2D eigenvalue weighted by molar-refractivity contribution is 0.174. The molecule has 148 valence electrons. The maximum atomic E-state index is 6.28.